The first-order chi connectivity index (χ1) is 8.81. The highest BCUT2D eigenvalue weighted by Crippen LogP contribution is 2.12. The van der Waals surface area contributed by atoms with E-state index in [1.165, 1.54) is 11.1 Å². The molecule has 1 aromatic heterocycles. The van der Waals surface area contributed by atoms with E-state index in [1.807, 2.05) is 24.3 Å². The molecule has 0 spiro atoms. The van der Waals surface area contributed by atoms with Crippen molar-refractivity contribution in [3.8, 4) is 0 Å². The highest BCUT2D eigenvalue weighted by atomic mass is 16.4. The highest BCUT2D eigenvalue weighted by Gasteiger charge is 2.05. The smallest absolute Gasteiger partial charge is 0.0872 e. The van der Waals surface area contributed by atoms with Crippen LogP contribution in [-0.4, -0.2) is 15.9 Å². The fourth-order valence-corrected chi connectivity index (χ4v) is 1.94. The van der Waals surface area contributed by atoms with E-state index < -0.39 is 0 Å². The van der Waals surface area contributed by atoms with E-state index in [0.29, 0.717) is 12.1 Å². The monoisotopic (exact) mass is 240 g/mol. The Morgan fingerprint density at radius 3 is 2.56 bits per heavy atom. The zero-order valence-electron chi connectivity index (χ0n) is 10.4. The van der Waals surface area contributed by atoms with Gasteiger partial charge in [0.15, 0.2) is 0 Å². The SMILES string of the molecule is Cc1ccccc1CCC(=NO)c1ccncc1. The van der Waals surface area contributed by atoms with E-state index >= 15 is 0 Å². The molecule has 0 unspecified atom stereocenters. The van der Waals surface area contributed by atoms with Gasteiger partial charge in [0, 0.05) is 18.0 Å². The zero-order chi connectivity index (χ0) is 12.8. The van der Waals surface area contributed by atoms with Gasteiger partial charge >= 0.3 is 0 Å². The van der Waals surface area contributed by atoms with Crippen LogP contribution in [0.3, 0.4) is 0 Å². The van der Waals surface area contributed by atoms with Crippen LogP contribution in [0.15, 0.2) is 53.9 Å². The van der Waals surface area contributed by atoms with Crippen molar-refractivity contribution in [2.24, 2.45) is 5.16 Å². The van der Waals surface area contributed by atoms with Crippen molar-refractivity contribution >= 4 is 5.71 Å². The average Bonchev–Trinajstić information content (AvgIpc) is 2.42. The van der Waals surface area contributed by atoms with Gasteiger partial charge in [0.1, 0.15) is 0 Å². The van der Waals surface area contributed by atoms with Crippen molar-refractivity contribution in [3.05, 3.63) is 65.5 Å². The summed E-state index contributed by atoms with van der Waals surface area (Å²) in [5.41, 5.74) is 4.17. The summed E-state index contributed by atoms with van der Waals surface area (Å²) in [6.07, 6.45) is 4.99. The zero-order valence-corrected chi connectivity index (χ0v) is 10.4. The Bertz CT molecular complexity index is 535. The number of benzene rings is 1. The fourth-order valence-electron chi connectivity index (χ4n) is 1.94. The molecule has 0 amide bonds. The van der Waals surface area contributed by atoms with Crippen molar-refractivity contribution in [2.75, 3.05) is 0 Å². The molecule has 3 heteroatoms. The van der Waals surface area contributed by atoms with Crippen LogP contribution in [0.1, 0.15) is 23.1 Å². The molecular formula is C15H16N2O. The van der Waals surface area contributed by atoms with Crippen molar-refractivity contribution in [1.29, 1.82) is 0 Å². The Kier molecular flexibility index (Phi) is 4.07. The maximum atomic E-state index is 9.09. The molecule has 1 N–H and O–H groups in total. The Hall–Kier alpha value is -2.16. The molecule has 0 atom stereocenters. The van der Waals surface area contributed by atoms with Crippen molar-refractivity contribution < 1.29 is 5.21 Å². The summed E-state index contributed by atoms with van der Waals surface area (Å²) in [4.78, 5) is 3.96. The first kappa shape index (κ1) is 12.3. The minimum atomic E-state index is 0.695. The van der Waals surface area contributed by atoms with Crippen LogP contribution in [0.2, 0.25) is 0 Å². The van der Waals surface area contributed by atoms with Gasteiger partial charge in [-0.05, 0) is 43.0 Å². The Labute approximate surface area is 107 Å². The van der Waals surface area contributed by atoms with Gasteiger partial charge in [0.2, 0.25) is 0 Å². The van der Waals surface area contributed by atoms with Crippen LogP contribution in [-0.2, 0) is 6.42 Å². The molecule has 1 heterocycles. The number of aromatic nitrogens is 1. The van der Waals surface area contributed by atoms with Crippen LogP contribution >= 0.6 is 0 Å². The lowest BCUT2D eigenvalue weighted by Crippen LogP contribution is -2.04. The largest absolute Gasteiger partial charge is 0.411 e. The first-order valence-electron chi connectivity index (χ1n) is 5.97. The third-order valence-corrected chi connectivity index (χ3v) is 3.03. The summed E-state index contributed by atoms with van der Waals surface area (Å²) >= 11 is 0. The van der Waals surface area contributed by atoms with E-state index in [9.17, 15) is 0 Å². The Balaban J connectivity index is 2.08. The maximum Gasteiger partial charge on any atom is 0.0872 e. The number of pyridine rings is 1. The number of hydrogen-bond donors (Lipinski definition) is 1. The Morgan fingerprint density at radius 2 is 1.89 bits per heavy atom. The molecule has 18 heavy (non-hydrogen) atoms. The average molecular weight is 240 g/mol. The number of rotatable bonds is 4. The molecule has 0 aliphatic heterocycles. The topological polar surface area (TPSA) is 45.5 Å². The van der Waals surface area contributed by atoms with Crippen LogP contribution in [0.5, 0.6) is 0 Å². The van der Waals surface area contributed by atoms with Crippen molar-refractivity contribution in [1.82, 2.24) is 4.98 Å². The summed E-state index contributed by atoms with van der Waals surface area (Å²) in [7, 11) is 0. The molecule has 2 aromatic rings. The minimum Gasteiger partial charge on any atom is -0.411 e. The van der Waals surface area contributed by atoms with Gasteiger partial charge in [-0.1, -0.05) is 29.4 Å². The molecular weight excluding hydrogens is 224 g/mol. The summed E-state index contributed by atoms with van der Waals surface area (Å²) in [5.74, 6) is 0. The molecule has 0 saturated heterocycles. The number of aryl methyl sites for hydroxylation is 2. The molecule has 92 valence electrons. The van der Waals surface area contributed by atoms with Gasteiger partial charge in [-0.25, -0.2) is 0 Å². The van der Waals surface area contributed by atoms with E-state index in [4.69, 9.17) is 5.21 Å². The molecule has 1 aromatic carbocycles. The number of nitrogens with zero attached hydrogens (tertiary/aromatic N) is 2. The lowest BCUT2D eigenvalue weighted by molar-refractivity contribution is 0.318. The lowest BCUT2D eigenvalue weighted by atomic mass is 10.00. The summed E-state index contributed by atoms with van der Waals surface area (Å²) in [5, 5.41) is 12.5. The first-order valence-corrected chi connectivity index (χ1v) is 5.97. The van der Waals surface area contributed by atoms with E-state index in [0.717, 1.165) is 12.0 Å². The van der Waals surface area contributed by atoms with Gasteiger partial charge in [-0.3, -0.25) is 4.98 Å². The molecule has 0 bridgehead atoms. The van der Waals surface area contributed by atoms with Crippen LogP contribution in [0.25, 0.3) is 0 Å². The van der Waals surface area contributed by atoms with E-state index in [-0.39, 0.29) is 0 Å². The molecule has 0 aliphatic carbocycles. The minimum absolute atomic E-state index is 0.695. The van der Waals surface area contributed by atoms with Gasteiger partial charge in [-0.15, -0.1) is 0 Å². The molecule has 0 radical (unpaired) electrons. The van der Waals surface area contributed by atoms with Gasteiger partial charge in [-0.2, -0.15) is 0 Å². The molecule has 0 aliphatic rings. The second-order valence-electron chi connectivity index (χ2n) is 4.21. The Morgan fingerprint density at radius 1 is 1.17 bits per heavy atom. The van der Waals surface area contributed by atoms with Gasteiger partial charge in [0.05, 0.1) is 5.71 Å². The standard InChI is InChI=1S/C15H16N2O/c1-12-4-2-3-5-13(12)6-7-15(17-18)14-8-10-16-11-9-14/h2-5,8-11,18H,6-7H2,1H3. The van der Waals surface area contributed by atoms with E-state index in [1.54, 1.807) is 12.4 Å². The second-order valence-corrected chi connectivity index (χ2v) is 4.21. The number of hydrogen-bond acceptors (Lipinski definition) is 3. The van der Waals surface area contributed by atoms with Crippen molar-refractivity contribution in [3.63, 3.8) is 0 Å². The third-order valence-electron chi connectivity index (χ3n) is 3.03. The molecule has 0 fully saturated rings. The normalized spacial score (nSPS) is 11.5. The quantitative estimate of drug-likeness (QED) is 0.506. The maximum absolute atomic E-state index is 9.09. The predicted octanol–water partition coefficient (Wildman–Crippen LogP) is 3.20. The fraction of sp³-hybridized carbons (Fsp3) is 0.200. The summed E-state index contributed by atoms with van der Waals surface area (Å²) in [6.45, 7) is 2.09. The summed E-state index contributed by atoms with van der Waals surface area (Å²) in [6, 6.07) is 12.0. The summed E-state index contributed by atoms with van der Waals surface area (Å²) < 4.78 is 0. The van der Waals surface area contributed by atoms with Crippen LogP contribution in [0, 0.1) is 6.92 Å². The van der Waals surface area contributed by atoms with Crippen LogP contribution in [0.4, 0.5) is 0 Å². The molecule has 0 saturated carbocycles. The second kappa shape index (κ2) is 5.96. The van der Waals surface area contributed by atoms with Crippen LogP contribution < -0.4 is 0 Å². The van der Waals surface area contributed by atoms with Gasteiger partial charge < -0.3 is 5.21 Å². The molecule has 3 nitrogen and oxygen atoms in total. The third kappa shape index (κ3) is 2.94. The van der Waals surface area contributed by atoms with Gasteiger partial charge in [0.25, 0.3) is 0 Å². The number of oxime groups is 1. The lowest BCUT2D eigenvalue weighted by Gasteiger charge is -2.07. The highest BCUT2D eigenvalue weighted by molar-refractivity contribution is 6.00. The molecule has 2 rings (SSSR count). The van der Waals surface area contributed by atoms with Crippen molar-refractivity contribution in [2.45, 2.75) is 19.8 Å². The predicted molar refractivity (Wildman–Crippen MR) is 72.1 cm³/mol. The van der Waals surface area contributed by atoms with E-state index in [2.05, 4.69) is 29.2 Å².